The lowest BCUT2D eigenvalue weighted by Gasteiger charge is -2.62. The van der Waals surface area contributed by atoms with Gasteiger partial charge < -0.3 is 35.0 Å². The van der Waals surface area contributed by atoms with Gasteiger partial charge in [0.2, 0.25) is 0 Å². The number of ether oxygens (including phenoxy) is 2. The van der Waals surface area contributed by atoms with Crippen LogP contribution in [0.2, 0.25) is 0 Å². The lowest BCUT2D eigenvalue weighted by atomic mass is 9.60. The molecule has 1 aromatic carbocycles. The number of likely N-dealkylation sites (tertiary alicyclic amines) is 1. The van der Waals surface area contributed by atoms with Gasteiger partial charge in [-0.05, 0) is 17.5 Å². The summed E-state index contributed by atoms with van der Waals surface area (Å²) in [7, 11) is 3.01. The highest BCUT2D eigenvalue weighted by molar-refractivity contribution is 5.98. The summed E-state index contributed by atoms with van der Waals surface area (Å²) in [6, 6.07) is 4.16. The normalized spacial score (nSPS) is 23.0. The third kappa shape index (κ3) is 3.47. The predicted molar refractivity (Wildman–Crippen MR) is 100 cm³/mol. The fourth-order valence-corrected chi connectivity index (χ4v) is 3.83. The van der Waals surface area contributed by atoms with Crippen LogP contribution < -0.4 is 14.8 Å². The van der Waals surface area contributed by atoms with Gasteiger partial charge in [-0.15, -0.1) is 0 Å². The Morgan fingerprint density at radius 3 is 2.43 bits per heavy atom. The Labute approximate surface area is 163 Å². The third-order valence-electron chi connectivity index (χ3n) is 5.25. The van der Waals surface area contributed by atoms with Crippen LogP contribution in [0.4, 0.5) is 4.79 Å². The second-order valence-corrected chi connectivity index (χ2v) is 7.79. The molecule has 4 N–H and O–H groups in total. The van der Waals surface area contributed by atoms with E-state index < -0.39 is 41.7 Å². The number of aliphatic hydroxyl groups excluding tert-OH is 2. The highest BCUT2D eigenvalue weighted by Crippen LogP contribution is 2.47. The number of rotatable bonds is 7. The van der Waals surface area contributed by atoms with Crippen LogP contribution in [0.25, 0.3) is 0 Å². The van der Waals surface area contributed by atoms with Gasteiger partial charge in [0.15, 0.2) is 0 Å². The Morgan fingerprint density at radius 2 is 1.96 bits per heavy atom. The summed E-state index contributed by atoms with van der Waals surface area (Å²) in [4.78, 5) is 26.0. The molecule has 1 aromatic rings. The van der Waals surface area contributed by atoms with Crippen LogP contribution in [0.1, 0.15) is 26.3 Å². The van der Waals surface area contributed by atoms with E-state index in [4.69, 9.17) is 9.47 Å². The first kappa shape index (κ1) is 21.8. The molecule has 0 aromatic heterocycles. The zero-order valence-corrected chi connectivity index (χ0v) is 16.7. The third-order valence-corrected chi connectivity index (χ3v) is 5.25. The largest absolute Gasteiger partial charge is 0.497 e. The van der Waals surface area contributed by atoms with Crippen molar-refractivity contribution in [3.8, 4) is 11.5 Å². The second kappa shape index (κ2) is 7.84. The number of aliphatic hydroxyl groups is 2. The first-order valence-electron chi connectivity index (χ1n) is 8.85. The predicted octanol–water partition coefficient (Wildman–Crippen LogP) is 0.820. The molecule has 3 atom stereocenters. The summed E-state index contributed by atoms with van der Waals surface area (Å²) >= 11 is 0. The summed E-state index contributed by atoms with van der Waals surface area (Å²) in [5.41, 5.74) is -1.76. The first-order chi connectivity index (χ1) is 13.0. The van der Waals surface area contributed by atoms with Crippen molar-refractivity contribution in [2.45, 2.75) is 45.0 Å². The first-order valence-corrected chi connectivity index (χ1v) is 8.85. The van der Waals surface area contributed by atoms with Crippen LogP contribution in [0.3, 0.4) is 0 Å². The zero-order valence-electron chi connectivity index (χ0n) is 16.7. The molecule has 0 spiro atoms. The van der Waals surface area contributed by atoms with E-state index in [1.807, 2.05) is 0 Å². The number of benzene rings is 1. The number of carbonyl (C=O) groups excluding carboxylic acids is 1. The summed E-state index contributed by atoms with van der Waals surface area (Å²) in [5, 5.41) is 31.6. The van der Waals surface area contributed by atoms with E-state index in [9.17, 15) is 24.9 Å². The lowest BCUT2D eigenvalue weighted by molar-refractivity contribution is -0.189. The minimum Gasteiger partial charge on any atom is -0.497 e. The highest BCUT2D eigenvalue weighted by Gasteiger charge is 2.69. The molecular formula is C19H28N2O7. The molecular weight excluding hydrogens is 368 g/mol. The average Bonchev–Trinajstić information content (AvgIpc) is 2.64. The van der Waals surface area contributed by atoms with Gasteiger partial charge in [-0.2, -0.15) is 0 Å². The van der Waals surface area contributed by atoms with E-state index in [0.29, 0.717) is 17.1 Å². The molecule has 28 heavy (non-hydrogen) atoms. The fraction of sp³-hybridized carbons (Fsp3) is 0.579. The van der Waals surface area contributed by atoms with Gasteiger partial charge in [-0.1, -0.05) is 20.8 Å². The molecule has 0 unspecified atom stereocenters. The van der Waals surface area contributed by atoms with Gasteiger partial charge in [-0.25, -0.2) is 4.79 Å². The number of amides is 2. The molecule has 1 aliphatic heterocycles. The number of nitrogens with one attached hydrogen (secondary N) is 1. The van der Waals surface area contributed by atoms with Crippen molar-refractivity contribution in [2.24, 2.45) is 5.41 Å². The van der Waals surface area contributed by atoms with Crippen LogP contribution in [-0.4, -0.2) is 70.7 Å². The Balaban J connectivity index is 2.45. The Morgan fingerprint density at radius 1 is 1.32 bits per heavy atom. The van der Waals surface area contributed by atoms with E-state index in [-0.39, 0.29) is 6.54 Å². The molecule has 1 fully saturated rings. The monoisotopic (exact) mass is 396 g/mol. The maximum Gasteiger partial charge on any atom is 0.405 e. The fourth-order valence-electron chi connectivity index (χ4n) is 3.83. The van der Waals surface area contributed by atoms with E-state index in [2.05, 4.69) is 5.32 Å². The molecule has 1 heterocycles. The molecule has 156 valence electrons. The number of carboxylic acid groups (broad SMARTS) is 1. The summed E-state index contributed by atoms with van der Waals surface area (Å²) in [6.07, 6.45) is -2.70. The maximum absolute atomic E-state index is 13.2. The number of hydrogen-bond donors (Lipinski definition) is 4. The standard InChI is InChI=1S/C19H28N2O7/c1-18(2,3)19(20-17(25)26)15(13(23)10-22)21(16(19)24)9-11-6-7-12(27-4)8-14(11)28-5/h6-8,13,15,20,22-23H,9-10H2,1-5H3,(H,25,26)/t13-,15+,19-/m0/s1. The van der Waals surface area contributed by atoms with Crippen LogP contribution in [-0.2, 0) is 11.3 Å². The Bertz CT molecular complexity index is 746. The van der Waals surface area contributed by atoms with Crippen molar-refractivity contribution in [1.82, 2.24) is 10.2 Å². The van der Waals surface area contributed by atoms with Crippen LogP contribution in [0.5, 0.6) is 11.5 Å². The minimum absolute atomic E-state index is 0.0762. The van der Waals surface area contributed by atoms with Gasteiger partial charge in [0, 0.05) is 18.2 Å². The minimum atomic E-state index is -1.57. The SMILES string of the molecule is COc1ccc(CN2C(=O)[C@](NC(=O)O)(C(C)(C)C)[C@H]2[C@@H](O)CO)c(OC)c1. The van der Waals surface area contributed by atoms with Crippen molar-refractivity contribution in [2.75, 3.05) is 20.8 Å². The van der Waals surface area contributed by atoms with Crippen LogP contribution in [0.15, 0.2) is 18.2 Å². The smallest absolute Gasteiger partial charge is 0.405 e. The highest BCUT2D eigenvalue weighted by atomic mass is 16.5. The van der Waals surface area contributed by atoms with Gasteiger partial charge >= 0.3 is 6.09 Å². The zero-order chi connectivity index (χ0) is 21.3. The summed E-state index contributed by atoms with van der Waals surface area (Å²) < 4.78 is 10.5. The molecule has 2 amide bonds. The van der Waals surface area contributed by atoms with Crippen molar-refractivity contribution in [3.63, 3.8) is 0 Å². The number of β-lactam (4-membered cyclic amide) rings is 1. The Hall–Kier alpha value is -2.52. The average molecular weight is 396 g/mol. The van der Waals surface area contributed by atoms with E-state index in [0.717, 1.165) is 0 Å². The van der Waals surface area contributed by atoms with Crippen molar-refractivity contribution in [1.29, 1.82) is 0 Å². The lowest BCUT2D eigenvalue weighted by Crippen LogP contribution is -2.86. The molecule has 0 bridgehead atoms. The molecule has 0 saturated carbocycles. The molecule has 0 radical (unpaired) electrons. The molecule has 0 aliphatic carbocycles. The van der Waals surface area contributed by atoms with Gasteiger partial charge in [0.1, 0.15) is 23.1 Å². The van der Waals surface area contributed by atoms with Gasteiger partial charge in [0.25, 0.3) is 5.91 Å². The topological polar surface area (TPSA) is 129 Å². The van der Waals surface area contributed by atoms with Crippen LogP contribution >= 0.6 is 0 Å². The van der Waals surface area contributed by atoms with Gasteiger partial charge in [-0.3, -0.25) is 4.79 Å². The summed E-state index contributed by atoms with van der Waals surface area (Å²) in [5.74, 6) is 0.598. The number of methoxy groups -OCH3 is 2. The van der Waals surface area contributed by atoms with Crippen molar-refractivity contribution >= 4 is 12.0 Å². The second-order valence-electron chi connectivity index (χ2n) is 7.79. The number of nitrogens with zero attached hydrogens (tertiary/aromatic N) is 1. The maximum atomic E-state index is 13.2. The molecule has 2 rings (SSSR count). The molecule has 1 saturated heterocycles. The number of carbonyl (C=O) groups is 2. The molecule has 9 nitrogen and oxygen atoms in total. The van der Waals surface area contributed by atoms with Crippen molar-refractivity contribution < 1.29 is 34.4 Å². The van der Waals surface area contributed by atoms with E-state index >= 15 is 0 Å². The quantitative estimate of drug-likeness (QED) is 0.502. The molecule has 1 aliphatic rings. The van der Waals surface area contributed by atoms with E-state index in [1.54, 1.807) is 39.0 Å². The van der Waals surface area contributed by atoms with Crippen LogP contribution in [0, 0.1) is 5.41 Å². The summed E-state index contributed by atoms with van der Waals surface area (Å²) in [6.45, 7) is 4.59. The van der Waals surface area contributed by atoms with Gasteiger partial charge in [0.05, 0.1) is 26.9 Å². The molecule has 9 heteroatoms. The Kier molecular flexibility index (Phi) is 6.10. The van der Waals surface area contributed by atoms with Crippen molar-refractivity contribution in [3.05, 3.63) is 23.8 Å². The number of hydrogen-bond acceptors (Lipinski definition) is 6. The van der Waals surface area contributed by atoms with E-state index in [1.165, 1.54) is 19.1 Å².